The zero-order chi connectivity index (χ0) is 20.3. The number of ether oxygens (including phenoxy) is 1. The Bertz CT molecular complexity index is 1100. The summed E-state index contributed by atoms with van der Waals surface area (Å²) in [5, 5.41) is 9.74. The van der Waals surface area contributed by atoms with Crippen molar-refractivity contribution in [3.8, 4) is 34.2 Å². The van der Waals surface area contributed by atoms with Crippen molar-refractivity contribution in [1.29, 1.82) is 5.26 Å². The number of H-pyrrole nitrogens is 1. The Morgan fingerprint density at radius 1 is 1.11 bits per heavy atom. The highest BCUT2D eigenvalue weighted by atomic mass is 32.2. The van der Waals surface area contributed by atoms with Gasteiger partial charge in [-0.15, -0.1) is 13.2 Å². The Morgan fingerprint density at radius 3 is 2.32 bits per heavy atom. The van der Waals surface area contributed by atoms with Crippen molar-refractivity contribution in [3.63, 3.8) is 0 Å². The lowest BCUT2D eigenvalue weighted by Gasteiger charge is -2.12. The van der Waals surface area contributed by atoms with Crippen LogP contribution in [-0.2, 0) is 0 Å². The second-order valence-electron chi connectivity index (χ2n) is 5.53. The fourth-order valence-corrected chi connectivity index (χ4v) is 3.00. The van der Waals surface area contributed by atoms with E-state index in [0.717, 1.165) is 0 Å². The van der Waals surface area contributed by atoms with E-state index in [9.17, 15) is 23.2 Å². The van der Waals surface area contributed by atoms with Gasteiger partial charge in [0, 0.05) is 5.56 Å². The van der Waals surface area contributed by atoms with E-state index < -0.39 is 11.9 Å². The zero-order valence-corrected chi connectivity index (χ0v) is 15.2. The molecule has 0 aliphatic carbocycles. The Labute approximate surface area is 161 Å². The molecule has 2 aromatic carbocycles. The standard InChI is InChI=1S/C19H12F3N3O2S/c1-28-18-24-16(15(10-23)17(26)25-18)14-5-3-2-4-13(14)11-6-8-12(9-7-11)27-19(20,21)22/h2-9H,1H3,(H,24,25,26). The number of halogens is 3. The number of aromatic nitrogens is 2. The molecule has 5 nitrogen and oxygen atoms in total. The van der Waals surface area contributed by atoms with Crippen molar-refractivity contribution in [1.82, 2.24) is 9.97 Å². The third-order valence-electron chi connectivity index (χ3n) is 3.78. The van der Waals surface area contributed by atoms with E-state index >= 15 is 0 Å². The summed E-state index contributed by atoms with van der Waals surface area (Å²) >= 11 is 1.22. The van der Waals surface area contributed by atoms with Gasteiger partial charge in [-0.25, -0.2) is 4.98 Å². The van der Waals surface area contributed by atoms with Crippen LogP contribution in [0, 0.1) is 11.3 Å². The maximum absolute atomic E-state index is 12.3. The molecule has 1 aromatic heterocycles. The highest BCUT2D eigenvalue weighted by Gasteiger charge is 2.31. The van der Waals surface area contributed by atoms with E-state index in [1.807, 2.05) is 6.07 Å². The highest BCUT2D eigenvalue weighted by Crippen LogP contribution is 2.34. The van der Waals surface area contributed by atoms with Crippen LogP contribution in [0.5, 0.6) is 5.75 Å². The molecule has 0 spiro atoms. The smallest absolute Gasteiger partial charge is 0.406 e. The zero-order valence-electron chi connectivity index (χ0n) is 14.4. The SMILES string of the molecule is CSc1nc(-c2ccccc2-c2ccc(OC(F)(F)F)cc2)c(C#N)c(=O)[nH]1. The average Bonchev–Trinajstić information content (AvgIpc) is 2.66. The predicted octanol–water partition coefficient (Wildman–Crippen LogP) is 4.60. The van der Waals surface area contributed by atoms with E-state index in [0.29, 0.717) is 21.8 Å². The van der Waals surface area contributed by atoms with Gasteiger partial charge in [-0.1, -0.05) is 48.2 Å². The first-order chi connectivity index (χ1) is 13.3. The van der Waals surface area contributed by atoms with Crippen LogP contribution in [0.4, 0.5) is 13.2 Å². The second-order valence-corrected chi connectivity index (χ2v) is 6.32. The van der Waals surface area contributed by atoms with Crippen molar-refractivity contribution in [2.45, 2.75) is 11.5 Å². The quantitative estimate of drug-likeness (QED) is 0.509. The number of thioether (sulfide) groups is 1. The average molecular weight is 403 g/mol. The van der Waals surface area contributed by atoms with E-state index in [1.54, 1.807) is 30.5 Å². The summed E-state index contributed by atoms with van der Waals surface area (Å²) in [6.45, 7) is 0. The molecule has 9 heteroatoms. The molecular formula is C19H12F3N3O2S. The van der Waals surface area contributed by atoms with Crippen molar-refractivity contribution >= 4 is 11.8 Å². The molecule has 0 aliphatic heterocycles. The van der Waals surface area contributed by atoms with Crippen LogP contribution in [0.3, 0.4) is 0 Å². The van der Waals surface area contributed by atoms with Crippen LogP contribution < -0.4 is 10.3 Å². The van der Waals surface area contributed by atoms with Gasteiger partial charge in [0.05, 0.1) is 5.69 Å². The van der Waals surface area contributed by atoms with Gasteiger partial charge in [-0.05, 0) is 29.5 Å². The van der Waals surface area contributed by atoms with Crippen LogP contribution in [0.1, 0.15) is 5.56 Å². The Hall–Kier alpha value is -3.25. The molecule has 0 saturated carbocycles. The molecule has 28 heavy (non-hydrogen) atoms. The number of nitrogens with zero attached hydrogens (tertiary/aromatic N) is 2. The molecule has 0 fully saturated rings. The maximum Gasteiger partial charge on any atom is 0.573 e. The molecule has 142 valence electrons. The number of nitrogens with one attached hydrogen (secondary N) is 1. The van der Waals surface area contributed by atoms with Crippen LogP contribution >= 0.6 is 11.8 Å². The van der Waals surface area contributed by atoms with Crippen LogP contribution in [0.15, 0.2) is 58.5 Å². The normalized spacial score (nSPS) is 11.1. The van der Waals surface area contributed by atoms with E-state index in [2.05, 4.69) is 14.7 Å². The summed E-state index contributed by atoms with van der Waals surface area (Å²) in [4.78, 5) is 19.1. The number of alkyl halides is 3. The largest absolute Gasteiger partial charge is 0.573 e. The van der Waals surface area contributed by atoms with Gasteiger partial charge in [0.2, 0.25) is 0 Å². The van der Waals surface area contributed by atoms with Gasteiger partial charge in [0.15, 0.2) is 5.16 Å². The van der Waals surface area contributed by atoms with Crippen molar-refractivity contribution in [2.75, 3.05) is 6.26 Å². The molecule has 3 aromatic rings. The fraction of sp³-hybridized carbons (Fsp3) is 0.105. The van der Waals surface area contributed by atoms with Crippen LogP contribution in [0.25, 0.3) is 22.4 Å². The molecule has 0 aliphatic rings. The number of aromatic amines is 1. The monoisotopic (exact) mass is 403 g/mol. The molecular weight excluding hydrogens is 391 g/mol. The van der Waals surface area contributed by atoms with Gasteiger partial charge >= 0.3 is 6.36 Å². The van der Waals surface area contributed by atoms with Gasteiger partial charge in [0.1, 0.15) is 17.4 Å². The first-order valence-corrected chi connectivity index (χ1v) is 9.09. The summed E-state index contributed by atoms with van der Waals surface area (Å²) < 4.78 is 40.9. The van der Waals surface area contributed by atoms with Crippen LogP contribution in [0.2, 0.25) is 0 Å². The molecule has 0 unspecified atom stereocenters. The first kappa shape index (κ1) is 19.5. The number of benzene rings is 2. The summed E-state index contributed by atoms with van der Waals surface area (Å²) in [5.41, 5.74) is 1.24. The summed E-state index contributed by atoms with van der Waals surface area (Å²) in [7, 11) is 0. The summed E-state index contributed by atoms with van der Waals surface area (Å²) in [6.07, 6.45) is -3.04. The molecule has 0 amide bonds. The number of hydrogen-bond acceptors (Lipinski definition) is 5. The molecule has 0 bridgehead atoms. The first-order valence-electron chi connectivity index (χ1n) is 7.86. The Morgan fingerprint density at radius 2 is 1.75 bits per heavy atom. The molecule has 0 saturated heterocycles. The maximum atomic E-state index is 12.3. The highest BCUT2D eigenvalue weighted by molar-refractivity contribution is 7.98. The fourth-order valence-electron chi connectivity index (χ4n) is 2.63. The molecule has 1 heterocycles. The topological polar surface area (TPSA) is 78.8 Å². The minimum atomic E-state index is -4.77. The molecule has 3 rings (SSSR count). The lowest BCUT2D eigenvalue weighted by atomic mass is 9.96. The summed E-state index contributed by atoms with van der Waals surface area (Å²) in [6, 6.07) is 14.1. The third-order valence-corrected chi connectivity index (χ3v) is 4.36. The summed E-state index contributed by atoms with van der Waals surface area (Å²) in [5.74, 6) is -0.342. The number of rotatable bonds is 4. The second kappa shape index (κ2) is 7.78. The minimum absolute atomic E-state index is 0.137. The van der Waals surface area contributed by atoms with E-state index in [1.165, 1.54) is 36.0 Å². The van der Waals surface area contributed by atoms with Crippen molar-refractivity contribution in [3.05, 3.63) is 64.4 Å². The Kier molecular flexibility index (Phi) is 5.42. The number of hydrogen-bond donors (Lipinski definition) is 1. The lowest BCUT2D eigenvalue weighted by Crippen LogP contribution is -2.16. The molecule has 1 N–H and O–H groups in total. The lowest BCUT2D eigenvalue weighted by molar-refractivity contribution is -0.274. The number of nitriles is 1. The third kappa shape index (κ3) is 4.18. The van der Waals surface area contributed by atoms with Gasteiger partial charge < -0.3 is 9.72 Å². The molecule has 0 radical (unpaired) electrons. The molecule has 0 atom stereocenters. The van der Waals surface area contributed by atoms with Crippen LogP contribution in [-0.4, -0.2) is 22.6 Å². The van der Waals surface area contributed by atoms with Gasteiger partial charge in [0.25, 0.3) is 5.56 Å². The van der Waals surface area contributed by atoms with E-state index in [4.69, 9.17) is 0 Å². The van der Waals surface area contributed by atoms with Gasteiger partial charge in [-0.2, -0.15) is 5.26 Å². The van der Waals surface area contributed by atoms with Gasteiger partial charge in [-0.3, -0.25) is 4.79 Å². The minimum Gasteiger partial charge on any atom is -0.406 e. The Balaban J connectivity index is 2.12. The predicted molar refractivity (Wildman–Crippen MR) is 98.9 cm³/mol. The van der Waals surface area contributed by atoms with Crippen molar-refractivity contribution < 1.29 is 17.9 Å². The van der Waals surface area contributed by atoms with E-state index in [-0.39, 0.29) is 17.0 Å². The van der Waals surface area contributed by atoms with Crippen molar-refractivity contribution in [2.24, 2.45) is 0 Å².